The van der Waals surface area contributed by atoms with E-state index in [1.807, 2.05) is 19.1 Å². The van der Waals surface area contributed by atoms with E-state index in [2.05, 4.69) is 10.6 Å². The van der Waals surface area contributed by atoms with Crippen LogP contribution >= 0.6 is 0 Å². The second kappa shape index (κ2) is 9.91. The lowest BCUT2D eigenvalue weighted by molar-refractivity contribution is 0.251. The summed E-state index contributed by atoms with van der Waals surface area (Å²) in [6.07, 6.45) is 2.17. The van der Waals surface area contributed by atoms with Gasteiger partial charge in [-0.15, -0.1) is 0 Å². The first-order chi connectivity index (χ1) is 14.9. The SMILES string of the molecule is CCCS(=O)(=O)N1CCCc2ccc(NC(=O)NCc3ccc(OC)c(OC)c3)cc21. The van der Waals surface area contributed by atoms with Crippen molar-refractivity contribution in [3.8, 4) is 11.5 Å². The average molecular weight is 448 g/mol. The van der Waals surface area contributed by atoms with E-state index in [0.29, 0.717) is 42.4 Å². The summed E-state index contributed by atoms with van der Waals surface area (Å²) in [4.78, 5) is 12.4. The number of carbonyl (C=O) groups excluding carboxylic acids is 1. The lowest BCUT2D eigenvalue weighted by Gasteiger charge is -2.31. The fourth-order valence-corrected chi connectivity index (χ4v) is 5.24. The summed E-state index contributed by atoms with van der Waals surface area (Å²) in [6.45, 7) is 2.61. The second-order valence-electron chi connectivity index (χ2n) is 7.33. The average Bonchev–Trinajstić information content (AvgIpc) is 2.76. The number of fused-ring (bicyclic) bond motifs is 1. The van der Waals surface area contributed by atoms with E-state index in [-0.39, 0.29) is 11.8 Å². The molecule has 0 saturated carbocycles. The minimum atomic E-state index is -3.37. The Balaban J connectivity index is 1.69. The highest BCUT2D eigenvalue weighted by molar-refractivity contribution is 7.92. The minimum absolute atomic E-state index is 0.107. The molecular weight excluding hydrogens is 418 g/mol. The molecule has 2 aromatic rings. The van der Waals surface area contributed by atoms with Crippen molar-refractivity contribution in [3.05, 3.63) is 47.5 Å². The van der Waals surface area contributed by atoms with Crippen molar-refractivity contribution < 1.29 is 22.7 Å². The Morgan fingerprint density at radius 1 is 1.10 bits per heavy atom. The zero-order valence-electron chi connectivity index (χ0n) is 18.1. The molecule has 1 aliphatic heterocycles. The molecule has 8 nitrogen and oxygen atoms in total. The molecule has 0 atom stereocenters. The number of aryl methyl sites for hydroxylation is 1. The largest absolute Gasteiger partial charge is 0.493 e. The third kappa shape index (κ3) is 5.41. The predicted octanol–water partition coefficient (Wildman–Crippen LogP) is 3.52. The maximum absolute atomic E-state index is 12.6. The van der Waals surface area contributed by atoms with E-state index < -0.39 is 10.0 Å². The standard InChI is InChI=1S/C22H29N3O5S/c1-4-12-31(27,28)25-11-5-6-17-8-9-18(14-19(17)25)24-22(26)23-15-16-7-10-20(29-2)21(13-16)30-3/h7-10,13-14H,4-6,11-12,15H2,1-3H3,(H2,23,24,26). The molecule has 0 fully saturated rings. The van der Waals surface area contributed by atoms with Crippen molar-refractivity contribution in [1.29, 1.82) is 0 Å². The lowest BCUT2D eigenvalue weighted by atomic mass is 10.0. The molecule has 0 unspecified atom stereocenters. The third-order valence-corrected chi connectivity index (χ3v) is 7.09. The molecule has 1 heterocycles. The van der Waals surface area contributed by atoms with Crippen molar-refractivity contribution >= 4 is 27.4 Å². The maximum Gasteiger partial charge on any atom is 0.319 e. The molecule has 0 bridgehead atoms. The number of amides is 2. The van der Waals surface area contributed by atoms with Gasteiger partial charge in [0, 0.05) is 18.8 Å². The van der Waals surface area contributed by atoms with E-state index in [1.54, 1.807) is 38.5 Å². The predicted molar refractivity (Wildman–Crippen MR) is 122 cm³/mol. The van der Waals surface area contributed by atoms with Gasteiger partial charge < -0.3 is 20.1 Å². The summed E-state index contributed by atoms with van der Waals surface area (Å²) in [6, 6.07) is 10.5. The van der Waals surface area contributed by atoms with Gasteiger partial charge in [0.25, 0.3) is 0 Å². The van der Waals surface area contributed by atoms with Crippen LogP contribution < -0.4 is 24.4 Å². The Bertz CT molecular complexity index is 1040. The second-order valence-corrected chi connectivity index (χ2v) is 9.35. The molecule has 2 N–H and O–H groups in total. The van der Waals surface area contributed by atoms with Crippen LogP contribution in [0.25, 0.3) is 0 Å². The summed E-state index contributed by atoms with van der Waals surface area (Å²) in [7, 11) is -0.245. The number of nitrogens with one attached hydrogen (secondary N) is 2. The monoisotopic (exact) mass is 447 g/mol. The highest BCUT2D eigenvalue weighted by Gasteiger charge is 2.27. The van der Waals surface area contributed by atoms with Crippen molar-refractivity contribution in [2.24, 2.45) is 0 Å². The molecule has 0 aromatic heterocycles. The van der Waals surface area contributed by atoms with Crippen LogP contribution in [-0.4, -0.2) is 41.0 Å². The Morgan fingerprint density at radius 2 is 1.87 bits per heavy atom. The van der Waals surface area contributed by atoms with E-state index in [9.17, 15) is 13.2 Å². The Hall–Kier alpha value is -2.94. The maximum atomic E-state index is 12.6. The fraction of sp³-hybridized carbons (Fsp3) is 0.409. The van der Waals surface area contributed by atoms with E-state index in [4.69, 9.17) is 9.47 Å². The Labute approximate surface area is 183 Å². The zero-order valence-corrected chi connectivity index (χ0v) is 18.9. The molecule has 3 rings (SSSR count). The molecule has 2 amide bonds. The Morgan fingerprint density at radius 3 is 2.58 bits per heavy atom. The zero-order chi connectivity index (χ0) is 22.4. The van der Waals surface area contributed by atoms with Gasteiger partial charge in [0.15, 0.2) is 11.5 Å². The molecule has 2 aromatic carbocycles. The summed E-state index contributed by atoms with van der Waals surface area (Å²) in [5.41, 5.74) is 3.02. The first-order valence-corrected chi connectivity index (χ1v) is 11.9. The Kier molecular flexibility index (Phi) is 7.27. The molecule has 0 spiro atoms. The third-order valence-electron chi connectivity index (χ3n) is 5.12. The van der Waals surface area contributed by atoms with Gasteiger partial charge in [-0.05, 0) is 54.7 Å². The van der Waals surface area contributed by atoms with Crippen LogP contribution in [0.1, 0.15) is 30.9 Å². The van der Waals surface area contributed by atoms with Gasteiger partial charge >= 0.3 is 6.03 Å². The fourth-order valence-electron chi connectivity index (χ4n) is 3.62. The van der Waals surface area contributed by atoms with Crippen LogP contribution in [0.4, 0.5) is 16.2 Å². The number of hydrogen-bond acceptors (Lipinski definition) is 5. The van der Waals surface area contributed by atoms with E-state index in [0.717, 1.165) is 24.0 Å². The highest BCUT2D eigenvalue weighted by atomic mass is 32.2. The molecule has 0 radical (unpaired) electrons. The molecular formula is C22H29N3O5S. The van der Waals surface area contributed by atoms with Gasteiger partial charge in [0.05, 0.1) is 25.7 Å². The van der Waals surface area contributed by atoms with Crippen LogP contribution in [0.15, 0.2) is 36.4 Å². The molecule has 9 heteroatoms. The summed E-state index contributed by atoms with van der Waals surface area (Å²) < 4.78 is 37.3. The molecule has 0 saturated heterocycles. The topological polar surface area (TPSA) is 97.0 Å². The minimum Gasteiger partial charge on any atom is -0.493 e. The number of methoxy groups -OCH3 is 2. The van der Waals surface area contributed by atoms with Crippen molar-refractivity contribution in [2.45, 2.75) is 32.7 Å². The normalized spacial score (nSPS) is 13.3. The quantitative estimate of drug-likeness (QED) is 0.645. The van der Waals surface area contributed by atoms with Crippen LogP contribution in [0.3, 0.4) is 0 Å². The number of rotatable bonds is 8. The van der Waals surface area contributed by atoms with Gasteiger partial charge in [-0.2, -0.15) is 0 Å². The van der Waals surface area contributed by atoms with Crippen LogP contribution in [0.2, 0.25) is 0 Å². The van der Waals surface area contributed by atoms with Gasteiger partial charge in [-0.1, -0.05) is 19.1 Å². The van der Waals surface area contributed by atoms with Crippen molar-refractivity contribution in [2.75, 3.05) is 36.1 Å². The number of ether oxygens (including phenoxy) is 2. The number of carbonyl (C=O) groups is 1. The number of anilines is 2. The van der Waals surface area contributed by atoms with Gasteiger partial charge in [0.2, 0.25) is 10.0 Å². The number of hydrogen-bond donors (Lipinski definition) is 2. The number of urea groups is 1. The van der Waals surface area contributed by atoms with E-state index in [1.165, 1.54) is 4.31 Å². The van der Waals surface area contributed by atoms with Gasteiger partial charge in [0.1, 0.15) is 0 Å². The van der Waals surface area contributed by atoms with Crippen LogP contribution in [-0.2, 0) is 23.0 Å². The van der Waals surface area contributed by atoms with Crippen molar-refractivity contribution in [3.63, 3.8) is 0 Å². The first kappa shape index (κ1) is 22.7. The highest BCUT2D eigenvalue weighted by Crippen LogP contribution is 2.32. The summed E-state index contributed by atoms with van der Waals surface area (Å²) >= 11 is 0. The molecule has 0 aliphatic carbocycles. The molecule has 168 valence electrons. The number of nitrogens with zero attached hydrogens (tertiary/aromatic N) is 1. The molecule has 1 aliphatic rings. The van der Waals surface area contributed by atoms with Crippen LogP contribution in [0.5, 0.6) is 11.5 Å². The van der Waals surface area contributed by atoms with Crippen molar-refractivity contribution in [1.82, 2.24) is 5.32 Å². The summed E-state index contributed by atoms with van der Waals surface area (Å²) in [5.74, 6) is 1.31. The van der Waals surface area contributed by atoms with Crippen LogP contribution in [0, 0.1) is 0 Å². The summed E-state index contributed by atoms with van der Waals surface area (Å²) in [5, 5.41) is 5.59. The number of sulfonamides is 1. The smallest absolute Gasteiger partial charge is 0.319 e. The number of benzene rings is 2. The van der Waals surface area contributed by atoms with Gasteiger partial charge in [-0.25, -0.2) is 13.2 Å². The first-order valence-electron chi connectivity index (χ1n) is 10.3. The lowest BCUT2D eigenvalue weighted by Crippen LogP contribution is -2.37. The molecule has 31 heavy (non-hydrogen) atoms. The van der Waals surface area contributed by atoms with E-state index >= 15 is 0 Å². The van der Waals surface area contributed by atoms with Gasteiger partial charge in [-0.3, -0.25) is 4.31 Å².